The average Bonchev–Trinajstić information content (AvgIpc) is 3.49. The van der Waals surface area contributed by atoms with Crippen LogP contribution in [0.2, 0.25) is 5.02 Å². The maximum Gasteiger partial charge on any atom is 0.412 e. The van der Waals surface area contributed by atoms with E-state index in [0.717, 1.165) is 11.1 Å². The molecule has 1 aliphatic rings. The number of aliphatic carboxylic acids is 1. The molecule has 3 heterocycles. The Hall–Kier alpha value is -4.70. The minimum absolute atomic E-state index is 0.281. The maximum atomic E-state index is 12.8. The van der Waals surface area contributed by atoms with E-state index >= 15 is 0 Å². The number of rotatable bonds is 7. The number of benzene rings is 2. The molecule has 40 heavy (non-hydrogen) atoms. The van der Waals surface area contributed by atoms with Gasteiger partial charge in [-0.15, -0.1) is 0 Å². The molecule has 0 spiro atoms. The summed E-state index contributed by atoms with van der Waals surface area (Å²) in [6.07, 6.45) is 3.14. The van der Waals surface area contributed by atoms with E-state index in [1.165, 1.54) is 0 Å². The van der Waals surface area contributed by atoms with E-state index in [1.807, 2.05) is 30.3 Å². The second-order valence-electron chi connectivity index (χ2n) is 9.78. The smallest absolute Gasteiger partial charge is 0.412 e. The van der Waals surface area contributed by atoms with E-state index in [1.54, 1.807) is 44.6 Å². The number of pyridine rings is 1. The van der Waals surface area contributed by atoms with Crippen LogP contribution in [0.15, 0.2) is 65.6 Å². The molecule has 0 aliphatic heterocycles. The number of fused-ring (bicyclic) bond motifs is 1. The molecular formula is C29H24ClN5O5. The molecule has 1 saturated carbocycles. The number of hydrogen-bond donors (Lipinski definition) is 3. The highest BCUT2D eigenvalue weighted by molar-refractivity contribution is 6.31. The molecular weight excluding hydrogens is 534 g/mol. The van der Waals surface area contributed by atoms with Crippen molar-refractivity contribution < 1.29 is 24.0 Å². The number of H-pyrrole nitrogens is 1. The van der Waals surface area contributed by atoms with Crippen LogP contribution in [-0.4, -0.2) is 37.3 Å². The lowest BCUT2D eigenvalue weighted by Crippen LogP contribution is -2.19. The number of imidazole rings is 1. The molecule has 2 aromatic carbocycles. The molecule has 11 heteroatoms. The maximum absolute atomic E-state index is 12.8. The number of carboxylic acid groups (broad SMARTS) is 1. The molecule has 3 N–H and O–H groups in total. The molecule has 1 amide bonds. The number of nitrogens with zero attached hydrogens (tertiary/aromatic N) is 3. The Labute approximate surface area is 233 Å². The van der Waals surface area contributed by atoms with Gasteiger partial charge >= 0.3 is 12.1 Å². The van der Waals surface area contributed by atoms with Crippen LogP contribution in [0, 0.1) is 6.92 Å². The van der Waals surface area contributed by atoms with Crippen molar-refractivity contribution in [1.82, 2.24) is 20.1 Å². The first kappa shape index (κ1) is 25.6. The predicted molar refractivity (Wildman–Crippen MR) is 148 cm³/mol. The third-order valence-electron chi connectivity index (χ3n) is 7.29. The summed E-state index contributed by atoms with van der Waals surface area (Å²) in [5.41, 5.74) is 4.66. The Bertz CT molecular complexity index is 1760. The quantitative estimate of drug-likeness (QED) is 0.201. The summed E-state index contributed by atoms with van der Waals surface area (Å²) in [4.78, 5) is 36.8. The number of aromatic amines is 1. The van der Waals surface area contributed by atoms with Crippen molar-refractivity contribution in [2.24, 2.45) is 0 Å². The lowest BCUT2D eigenvalue weighted by atomic mass is 9.94. The number of aromatic nitrogens is 4. The number of aryl methyl sites for hydroxylation is 1. The van der Waals surface area contributed by atoms with Gasteiger partial charge in [-0.1, -0.05) is 59.2 Å². The molecule has 5 aromatic rings. The fourth-order valence-corrected chi connectivity index (χ4v) is 5.17. The third kappa shape index (κ3) is 4.36. The number of amides is 1. The van der Waals surface area contributed by atoms with Gasteiger partial charge in [-0.3, -0.25) is 15.1 Å². The van der Waals surface area contributed by atoms with Gasteiger partial charge in [0.2, 0.25) is 0 Å². The largest absolute Gasteiger partial charge is 0.481 e. The van der Waals surface area contributed by atoms with Gasteiger partial charge in [-0.05, 0) is 38.3 Å². The van der Waals surface area contributed by atoms with Crippen LogP contribution in [0.25, 0.3) is 33.6 Å². The molecule has 1 unspecified atom stereocenters. The number of carboxylic acids is 1. The predicted octanol–water partition coefficient (Wildman–Crippen LogP) is 6.67. The van der Waals surface area contributed by atoms with Crippen molar-refractivity contribution in [3.8, 4) is 22.6 Å². The molecule has 0 saturated heterocycles. The first-order valence-corrected chi connectivity index (χ1v) is 13.0. The van der Waals surface area contributed by atoms with Crippen LogP contribution in [0.5, 0.6) is 0 Å². The summed E-state index contributed by atoms with van der Waals surface area (Å²) in [5.74, 6) is -0.517. The second kappa shape index (κ2) is 9.80. The zero-order valence-corrected chi connectivity index (χ0v) is 22.3. The van der Waals surface area contributed by atoms with Gasteiger partial charge in [0.15, 0.2) is 5.76 Å². The number of halogens is 1. The molecule has 1 aliphatic carbocycles. The molecule has 1 atom stereocenters. The first-order valence-electron chi connectivity index (χ1n) is 12.6. The zero-order valence-electron chi connectivity index (χ0n) is 21.6. The second-order valence-corrected chi connectivity index (χ2v) is 10.2. The number of nitrogens with one attached hydrogen (secondary N) is 2. The van der Waals surface area contributed by atoms with Gasteiger partial charge < -0.3 is 19.4 Å². The lowest BCUT2D eigenvalue weighted by molar-refractivity contribution is -0.140. The highest BCUT2D eigenvalue weighted by Crippen LogP contribution is 2.48. The Kier molecular flexibility index (Phi) is 6.26. The van der Waals surface area contributed by atoms with E-state index in [0.29, 0.717) is 57.1 Å². The van der Waals surface area contributed by atoms with Crippen molar-refractivity contribution in [1.29, 1.82) is 0 Å². The summed E-state index contributed by atoms with van der Waals surface area (Å²) in [6.45, 7) is 3.44. The highest BCUT2D eigenvalue weighted by Gasteiger charge is 2.51. The minimum atomic E-state index is -0.798. The van der Waals surface area contributed by atoms with Crippen LogP contribution in [0.4, 0.5) is 10.5 Å². The van der Waals surface area contributed by atoms with E-state index in [2.05, 4.69) is 25.4 Å². The molecule has 10 nitrogen and oxygen atoms in total. The van der Waals surface area contributed by atoms with E-state index in [-0.39, 0.29) is 5.76 Å². The summed E-state index contributed by atoms with van der Waals surface area (Å²) < 4.78 is 11.2. The molecule has 6 rings (SSSR count). The van der Waals surface area contributed by atoms with Crippen molar-refractivity contribution in [2.45, 2.75) is 38.2 Å². The van der Waals surface area contributed by atoms with Crippen LogP contribution < -0.4 is 5.32 Å². The number of ether oxygens (including phenoxy) is 1. The van der Waals surface area contributed by atoms with Gasteiger partial charge in [-0.25, -0.2) is 9.78 Å². The number of carbonyl (C=O) groups is 2. The van der Waals surface area contributed by atoms with Crippen LogP contribution in [0.1, 0.15) is 42.7 Å². The summed E-state index contributed by atoms with van der Waals surface area (Å²) in [5, 5.41) is 16.9. The minimum Gasteiger partial charge on any atom is -0.481 e. The lowest BCUT2D eigenvalue weighted by Gasteiger charge is -2.15. The summed E-state index contributed by atoms with van der Waals surface area (Å²) >= 11 is 6.24. The highest BCUT2D eigenvalue weighted by atomic mass is 35.5. The van der Waals surface area contributed by atoms with Gasteiger partial charge in [0.05, 0.1) is 28.5 Å². The van der Waals surface area contributed by atoms with E-state index in [4.69, 9.17) is 20.9 Å². The Morgan fingerprint density at radius 1 is 1.15 bits per heavy atom. The average molecular weight is 558 g/mol. The van der Waals surface area contributed by atoms with Crippen molar-refractivity contribution in [3.63, 3.8) is 0 Å². The standard InChI is InChI=1S/C29H24ClN5O5/c1-15-22(34-28(38)39-16(2)19-5-3-4-6-21(19)30)26(40-35-15)20-13-31-23(25-24(20)32-14-33-25)17-7-9-18(10-8-17)29(11-12-29)27(36)37/h3-10,13-14,16H,11-12H2,1-2H3,(H,32,33)(H,34,38)(H,36,37). The van der Waals surface area contributed by atoms with Crippen molar-refractivity contribution >= 4 is 40.4 Å². The van der Waals surface area contributed by atoms with Crippen LogP contribution in [-0.2, 0) is 14.9 Å². The molecule has 202 valence electrons. The van der Waals surface area contributed by atoms with Gasteiger partial charge in [0.1, 0.15) is 23.0 Å². The van der Waals surface area contributed by atoms with Crippen molar-refractivity contribution in [2.75, 3.05) is 5.32 Å². The third-order valence-corrected chi connectivity index (χ3v) is 7.63. The molecule has 3 aromatic heterocycles. The SMILES string of the molecule is Cc1noc(-c2cnc(-c3ccc(C4(C(=O)O)CC4)cc3)c3[nH]cnc23)c1NC(=O)OC(C)c1ccccc1Cl. The monoisotopic (exact) mass is 557 g/mol. The van der Waals surface area contributed by atoms with Gasteiger partial charge in [0.25, 0.3) is 0 Å². The Morgan fingerprint density at radius 2 is 1.90 bits per heavy atom. The van der Waals surface area contributed by atoms with Crippen LogP contribution >= 0.6 is 11.6 Å². The summed E-state index contributed by atoms with van der Waals surface area (Å²) in [7, 11) is 0. The first-order chi connectivity index (χ1) is 19.3. The van der Waals surface area contributed by atoms with Gasteiger partial charge in [-0.2, -0.15) is 0 Å². The Balaban J connectivity index is 1.28. The van der Waals surface area contributed by atoms with Gasteiger partial charge in [0, 0.05) is 22.3 Å². The molecule has 1 fully saturated rings. The van der Waals surface area contributed by atoms with Crippen molar-refractivity contribution in [3.05, 3.63) is 82.9 Å². The number of hydrogen-bond acceptors (Lipinski definition) is 7. The Morgan fingerprint density at radius 3 is 2.60 bits per heavy atom. The van der Waals surface area contributed by atoms with E-state index < -0.39 is 23.6 Å². The van der Waals surface area contributed by atoms with Crippen LogP contribution in [0.3, 0.4) is 0 Å². The molecule has 0 bridgehead atoms. The molecule has 0 radical (unpaired) electrons. The zero-order chi connectivity index (χ0) is 28.0. The number of carbonyl (C=O) groups excluding carboxylic acids is 1. The number of anilines is 1. The summed E-state index contributed by atoms with van der Waals surface area (Å²) in [6, 6.07) is 14.6. The topological polar surface area (TPSA) is 143 Å². The fraction of sp³-hybridized carbons (Fsp3) is 0.207. The fourth-order valence-electron chi connectivity index (χ4n) is 4.88. The normalized spacial score (nSPS) is 14.6. The van der Waals surface area contributed by atoms with E-state index in [9.17, 15) is 14.7 Å².